The molecule has 0 aromatic heterocycles. The largest absolute Gasteiger partial charge is 0.494 e. The first-order valence-corrected chi connectivity index (χ1v) is 9.11. The molecule has 146 valence electrons. The molecule has 1 atom stereocenters. The highest BCUT2D eigenvalue weighted by molar-refractivity contribution is 5.96. The van der Waals surface area contributed by atoms with Gasteiger partial charge in [-0.1, -0.05) is 36.4 Å². The first-order valence-electron chi connectivity index (χ1n) is 9.11. The number of benzene rings is 2. The second-order valence-corrected chi connectivity index (χ2v) is 6.65. The van der Waals surface area contributed by atoms with Crippen molar-refractivity contribution in [2.45, 2.75) is 19.4 Å². The maximum absolute atomic E-state index is 12.7. The van der Waals surface area contributed by atoms with Crippen molar-refractivity contribution >= 4 is 22.9 Å². The molecule has 0 fully saturated rings. The predicted molar refractivity (Wildman–Crippen MR) is 108 cm³/mol. The number of hydrogen-bond acceptors (Lipinski definition) is 5. The van der Waals surface area contributed by atoms with Crippen LogP contribution >= 0.6 is 0 Å². The number of nitrogens with zero attached hydrogens (tertiary/aromatic N) is 2. The number of carbonyl (C=O) groups excluding carboxylic acids is 1. The van der Waals surface area contributed by atoms with Gasteiger partial charge in [0.05, 0.1) is 29.8 Å². The van der Waals surface area contributed by atoms with Gasteiger partial charge in [-0.15, -0.1) is 0 Å². The molecule has 7 heteroatoms. The van der Waals surface area contributed by atoms with E-state index in [2.05, 4.69) is 28.4 Å². The second kappa shape index (κ2) is 8.67. The number of non-ortho nitro benzene ring substituents is 1. The van der Waals surface area contributed by atoms with Crippen LogP contribution in [0.15, 0.2) is 54.6 Å². The third-order valence-corrected chi connectivity index (χ3v) is 4.97. The van der Waals surface area contributed by atoms with Crippen LogP contribution in [0, 0.1) is 10.1 Å². The van der Waals surface area contributed by atoms with Crippen molar-refractivity contribution in [2.75, 3.05) is 25.5 Å². The number of rotatable bonds is 6. The molecule has 1 aliphatic heterocycles. The van der Waals surface area contributed by atoms with Crippen LogP contribution < -0.4 is 10.1 Å². The Labute approximate surface area is 163 Å². The number of carbonyl (C=O) groups is 1. The van der Waals surface area contributed by atoms with E-state index in [-0.39, 0.29) is 23.4 Å². The molecule has 1 amide bonds. The minimum absolute atomic E-state index is 0.0856. The van der Waals surface area contributed by atoms with Crippen LogP contribution in [0.2, 0.25) is 0 Å². The van der Waals surface area contributed by atoms with Gasteiger partial charge in [0.2, 0.25) is 5.91 Å². The van der Waals surface area contributed by atoms with Crippen LogP contribution in [-0.4, -0.2) is 42.0 Å². The molecule has 0 spiro atoms. The quantitative estimate of drug-likeness (QED) is 0.609. The number of nitro groups is 1. The van der Waals surface area contributed by atoms with E-state index >= 15 is 0 Å². The Kier molecular flexibility index (Phi) is 6.06. The molecule has 3 rings (SSSR count). The molecule has 0 unspecified atom stereocenters. The maximum Gasteiger partial charge on any atom is 0.273 e. The van der Waals surface area contributed by atoms with Crippen LogP contribution in [0.1, 0.15) is 18.9 Å². The van der Waals surface area contributed by atoms with Gasteiger partial charge in [-0.3, -0.25) is 19.8 Å². The summed E-state index contributed by atoms with van der Waals surface area (Å²) in [6.07, 6.45) is 3.04. The summed E-state index contributed by atoms with van der Waals surface area (Å²) in [5.74, 6) is 0.0865. The SMILES string of the molecule is COc1cc([N+](=O)[O-])ccc1NC(=O)[C@@H](C)N1CC=C(c2ccccc2)CC1. The number of methoxy groups -OCH3 is 1. The third-order valence-electron chi connectivity index (χ3n) is 4.97. The minimum Gasteiger partial charge on any atom is -0.494 e. The predicted octanol–water partition coefficient (Wildman–Crippen LogP) is 3.72. The smallest absolute Gasteiger partial charge is 0.273 e. The zero-order chi connectivity index (χ0) is 20.1. The van der Waals surface area contributed by atoms with E-state index in [0.717, 1.165) is 13.0 Å². The third kappa shape index (κ3) is 4.37. The van der Waals surface area contributed by atoms with Crippen molar-refractivity contribution in [1.29, 1.82) is 0 Å². The molecule has 1 aliphatic rings. The lowest BCUT2D eigenvalue weighted by atomic mass is 9.99. The summed E-state index contributed by atoms with van der Waals surface area (Å²) in [6, 6.07) is 14.0. The van der Waals surface area contributed by atoms with Gasteiger partial charge in [-0.05, 0) is 30.5 Å². The Morgan fingerprint density at radius 1 is 1.25 bits per heavy atom. The van der Waals surface area contributed by atoms with E-state index in [0.29, 0.717) is 12.2 Å². The van der Waals surface area contributed by atoms with E-state index in [1.807, 2.05) is 25.1 Å². The highest BCUT2D eigenvalue weighted by atomic mass is 16.6. The molecule has 2 aromatic carbocycles. The number of anilines is 1. The zero-order valence-electron chi connectivity index (χ0n) is 15.9. The van der Waals surface area contributed by atoms with Gasteiger partial charge >= 0.3 is 0 Å². The molecule has 0 aliphatic carbocycles. The Morgan fingerprint density at radius 2 is 2.00 bits per heavy atom. The van der Waals surface area contributed by atoms with E-state index in [1.54, 1.807) is 0 Å². The van der Waals surface area contributed by atoms with E-state index in [9.17, 15) is 14.9 Å². The molecular formula is C21H23N3O4. The van der Waals surface area contributed by atoms with Gasteiger partial charge in [0.1, 0.15) is 5.75 Å². The van der Waals surface area contributed by atoms with Crippen LogP contribution in [0.3, 0.4) is 0 Å². The Balaban J connectivity index is 1.66. The van der Waals surface area contributed by atoms with Gasteiger partial charge in [0.15, 0.2) is 0 Å². The lowest BCUT2D eigenvalue weighted by molar-refractivity contribution is -0.384. The number of nitro benzene ring substituents is 1. The first-order chi connectivity index (χ1) is 13.5. The molecular weight excluding hydrogens is 358 g/mol. The van der Waals surface area contributed by atoms with Gasteiger partial charge < -0.3 is 10.1 Å². The first kappa shape index (κ1) is 19.6. The zero-order valence-corrected chi connectivity index (χ0v) is 15.9. The van der Waals surface area contributed by atoms with Crippen molar-refractivity contribution in [3.05, 3.63) is 70.3 Å². The molecule has 28 heavy (non-hydrogen) atoms. The number of nitrogens with one attached hydrogen (secondary N) is 1. The summed E-state index contributed by atoms with van der Waals surface area (Å²) >= 11 is 0. The average molecular weight is 381 g/mol. The number of amides is 1. The van der Waals surface area contributed by atoms with Gasteiger partial charge in [0.25, 0.3) is 5.69 Å². The van der Waals surface area contributed by atoms with Crippen LogP contribution in [0.4, 0.5) is 11.4 Å². The summed E-state index contributed by atoms with van der Waals surface area (Å²) in [5, 5.41) is 13.7. The average Bonchev–Trinajstić information content (AvgIpc) is 2.74. The molecule has 0 bridgehead atoms. The van der Waals surface area contributed by atoms with Crippen molar-refractivity contribution < 1.29 is 14.5 Å². The van der Waals surface area contributed by atoms with Crippen LogP contribution in [0.25, 0.3) is 5.57 Å². The van der Waals surface area contributed by atoms with Gasteiger partial charge in [-0.2, -0.15) is 0 Å². The van der Waals surface area contributed by atoms with Crippen molar-refractivity contribution in [1.82, 2.24) is 4.90 Å². The molecule has 1 heterocycles. The summed E-state index contributed by atoms with van der Waals surface area (Å²) in [7, 11) is 1.42. The van der Waals surface area contributed by atoms with Crippen molar-refractivity contribution in [3.63, 3.8) is 0 Å². The lowest BCUT2D eigenvalue weighted by Crippen LogP contribution is -2.44. The van der Waals surface area contributed by atoms with Gasteiger partial charge in [-0.25, -0.2) is 0 Å². The number of hydrogen-bond donors (Lipinski definition) is 1. The monoisotopic (exact) mass is 381 g/mol. The van der Waals surface area contributed by atoms with E-state index in [1.165, 1.54) is 36.4 Å². The fourth-order valence-corrected chi connectivity index (χ4v) is 3.25. The van der Waals surface area contributed by atoms with Crippen LogP contribution in [0.5, 0.6) is 5.75 Å². The summed E-state index contributed by atoms with van der Waals surface area (Å²) in [4.78, 5) is 25.2. The Hall–Kier alpha value is -3.19. The highest BCUT2D eigenvalue weighted by Crippen LogP contribution is 2.29. The number of ether oxygens (including phenoxy) is 1. The fraction of sp³-hybridized carbons (Fsp3) is 0.286. The topological polar surface area (TPSA) is 84.7 Å². The van der Waals surface area contributed by atoms with Crippen molar-refractivity contribution in [2.24, 2.45) is 0 Å². The summed E-state index contributed by atoms with van der Waals surface area (Å²) in [5.41, 5.74) is 2.84. The minimum atomic E-state index is -0.499. The van der Waals surface area contributed by atoms with Crippen LogP contribution in [-0.2, 0) is 4.79 Å². The van der Waals surface area contributed by atoms with E-state index < -0.39 is 4.92 Å². The molecule has 0 saturated heterocycles. The van der Waals surface area contributed by atoms with Gasteiger partial charge in [0, 0.05) is 19.2 Å². The Morgan fingerprint density at radius 3 is 2.61 bits per heavy atom. The highest BCUT2D eigenvalue weighted by Gasteiger charge is 2.24. The normalized spacial score (nSPS) is 15.4. The summed E-state index contributed by atoms with van der Waals surface area (Å²) in [6.45, 7) is 3.33. The summed E-state index contributed by atoms with van der Waals surface area (Å²) < 4.78 is 5.18. The Bertz CT molecular complexity index is 896. The molecule has 7 nitrogen and oxygen atoms in total. The second-order valence-electron chi connectivity index (χ2n) is 6.65. The van der Waals surface area contributed by atoms with E-state index in [4.69, 9.17) is 4.74 Å². The molecule has 0 saturated carbocycles. The molecule has 1 N–H and O–H groups in total. The lowest BCUT2D eigenvalue weighted by Gasteiger charge is -2.31. The maximum atomic E-state index is 12.7. The standard InChI is InChI=1S/C21H23N3O4/c1-15(23-12-10-17(11-13-23)16-6-4-3-5-7-16)21(25)22-19-9-8-18(24(26)27)14-20(19)28-2/h3-10,14-15H,11-13H2,1-2H3,(H,22,25)/t15-/m1/s1. The molecule has 2 aromatic rings. The fourth-order valence-electron chi connectivity index (χ4n) is 3.25. The molecule has 0 radical (unpaired) electrons. The van der Waals surface area contributed by atoms with Crippen molar-refractivity contribution in [3.8, 4) is 5.75 Å².